The van der Waals surface area contributed by atoms with Crippen LogP contribution in [0.1, 0.15) is 28.8 Å². The standard InChI is InChI=1S/C19H20N4O5/c1-28-17-11-16(23(26)27)10-14(18(17)24)12-20-21-19(25)13-4-6-15(7-5-13)22-8-2-3-9-22/h4-7,10-12,24H,2-3,8-9H2,1H3,(H,21,25)/b20-12-. The van der Waals surface area contributed by atoms with Crippen molar-refractivity contribution < 1.29 is 19.6 Å². The molecule has 0 atom stereocenters. The molecule has 9 heteroatoms. The summed E-state index contributed by atoms with van der Waals surface area (Å²) in [7, 11) is 1.29. The highest BCUT2D eigenvalue weighted by Gasteiger charge is 2.16. The van der Waals surface area contributed by atoms with E-state index in [0.717, 1.165) is 37.1 Å². The molecule has 146 valence electrons. The number of rotatable bonds is 6. The quantitative estimate of drug-likeness (QED) is 0.449. The Morgan fingerprint density at radius 2 is 1.96 bits per heavy atom. The van der Waals surface area contributed by atoms with Gasteiger partial charge in [0.2, 0.25) is 0 Å². The molecule has 1 aliphatic heterocycles. The van der Waals surface area contributed by atoms with Crippen LogP contribution in [0.2, 0.25) is 0 Å². The summed E-state index contributed by atoms with van der Waals surface area (Å²) in [5.41, 5.74) is 3.64. The molecule has 28 heavy (non-hydrogen) atoms. The normalized spacial score (nSPS) is 13.7. The van der Waals surface area contributed by atoms with Crippen molar-refractivity contribution in [1.82, 2.24) is 5.43 Å². The molecule has 1 amide bonds. The van der Waals surface area contributed by atoms with E-state index < -0.39 is 10.8 Å². The molecular formula is C19H20N4O5. The van der Waals surface area contributed by atoms with Crippen molar-refractivity contribution in [1.29, 1.82) is 0 Å². The average molecular weight is 384 g/mol. The summed E-state index contributed by atoms with van der Waals surface area (Å²) in [6.07, 6.45) is 3.47. The Morgan fingerprint density at radius 1 is 1.29 bits per heavy atom. The highest BCUT2D eigenvalue weighted by molar-refractivity contribution is 5.95. The van der Waals surface area contributed by atoms with Gasteiger partial charge in [-0.15, -0.1) is 0 Å². The van der Waals surface area contributed by atoms with Crippen LogP contribution in [-0.2, 0) is 0 Å². The Labute approximate surface area is 161 Å². The van der Waals surface area contributed by atoms with Gasteiger partial charge in [0.25, 0.3) is 11.6 Å². The second-order valence-electron chi connectivity index (χ2n) is 6.28. The molecule has 0 radical (unpaired) electrons. The number of phenols is 1. The lowest BCUT2D eigenvalue weighted by atomic mass is 10.1. The number of carbonyl (C=O) groups excluding carboxylic acids is 1. The van der Waals surface area contributed by atoms with Gasteiger partial charge < -0.3 is 14.7 Å². The molecule has 1 saturated heterocycles. The molecule has 0 bridgehead atoms. The first-order valence-corrected chi connectivity index (χ1v) is 8.73. The Hall–Kier alpha value is -3.62. The van der Waals surface area contributed by atoms with Crippen LogP contribution in [0.5, 0.6) is 11.5 Å². The third-order valence-corrected chi connectivity index (χ3v) is 4.49. The lowest BCUT2D eigenvalue weighted by Crippen LogP contribution is -2.19. The van der Waals surface area contributed by atoms with Gasteiger partial charge >= 0.3 is 0 Å². The van der Waals surface area contributed by atoms with Gasteiger partial charge in [-0.1, -0.05) is 0 Å². The van der Waals surface area contributed by atoms with Crippen LogP contribution in [0, 0.1) is 10.1 Å². The van der Waals surface area contributed by atoms with Crippen LogP contribution in [0.4, 0.5) is 11.4 Å². The number of nitro groups is 1. The molecule has 0 aromatic heterocycles. The second kappa shape index (κ2) is 8.38. The van der Waals surface area contributed by atoms with Gasteiger partial charge in [0.05, 0.1) is 24.3 Å². The number of anilines is 1. The number of benzene rings is 2. The van der Waals surface area contributed by atoms with Gasteiger partial charge in [-0.05, 0) is 37.1 Å². The van der Waals surface area contributed by atoms with Gasteiger partial charge in [0.1, 0.15) is 0 Å². The largest absolute Gasteiger partial charge is 0.504 e. The molecule has 1 fully saturated rings. The SMILES string of the molecule is COc1cc([N+](=O)[O-])cc(/C=N\NC(=O)c2ccc(N3CCCC3)cc2)c1O. The van der Waals surface area contributed by atoms with Crippen LogP contribution in [0.25, 0.3) is 0 Å². The summed E-state index contributed by atoms with van der Waals surface area (Å²) < 4.78 is 4.92. The number of aromatic hydroxyl groups is 1. The Morgan fingerprint density at radius 3 is 2.57 bits per heavy atom. The molecule has 9 nitrogen and oxygen atoms in total. The number of methoxy groups -OCH3 is 1. The van der Waals surface area contributed by atoms with E-state index in [2.05, 4.69) is 15.4 Å². The van der Waals surface area contributed by atoms with Crippen molar-refractivity contribution in [3.05, 3.63) is 57.6 Å². The number of carbonyl (C=O) groups is 1. The predicted molar refractivity (Wildman–Crippen MR) is 104 cm³/mol. The predicted octanol–water partition coefficient (Wildman–Crippen LogP) is 2.67. The van der Waals surface area contributed by atoms with Crippen LogP contribution >= 0.6 is 0 Å². The monoisotopic (exact) mass is 384 g/mol. The van der Waals surface area contributed by atoms with E-state index >= 15 is 0 Å². The lowest BCUT2D eigenvalue weighted by molar-refractivity contribution is -0.385. The number of hydrogen-bond acceptors (Lipinski definition) is 7. The Balaban J connectivity index is 1.69. The van der Waals surface area contributed by atoms with E-state index in [-0.39, 0.29) is 22.7 Å². The number of nitrogens with zero attached hydrogens (tertiary/aromatic N) is 3. The molecule has 0 aliphatic carbocycles. The van der Waals surface area contributed by atoms with Crippen LogP contribution in [-0.4, -0.2) is 42.4 Å². The van der Waals surface area contributed by atoms with Crippen molar-refractivity contribution in [2.24, 2.45) is 5.10 Å². The summed E-state index contributed by atoms with van der Waals surface area (Å²) in [6, 6.07) is 9.45. The fourth-order valence-corrected chi connectivity index (χ4v) is 3.00. The highest BCUT2D eigenvalue weighted by Crippen LogP contribution is 2.33. The van der Waals surface area contributed by atoms with E-state index in [0.29, 0.717) is 5.56 Å². The number of hydrogen-bond donors (Lipinski definition) is 2. The molecule has 1 heterocycles. The van der Waals surface area contributed by atoms with Crippen molar-refractivity contribution in [2.75, 3.05) is 25.1 Å². The minimum absolute atomic E-state index is 0.0516. The zero-order chi connectivity index (χ0) is 20.1. The number of nitro benzene ring substituents is 1. The van der Waals surface area contributed by atoms with Crippen molar-refractivity contribution in [3.63, 3.8) is 0 Å². The minimum atomic E-state index is -0.611. The molecule has 3 rings (SSSR count). The van der Waals surface area contributed by atoms with Crippen LogP contribution < -0.4 is 15.1 Å². The second-order valence-corrected chi connectivity index (χ2v) is 6.28. The minimum Gasteiger partial charge on any atom is -0.504 e. The topological polar surface area (TPSA) is 117 Å². The molecule has 2 N–H and O–H groups in total. The average Bonchev–Trinajstić information content (AvgIpc) is 3.24. The lowest BCUT2D eigenvalue weighted by Gasteiger charge is -2.17. The molecule has 2 aromatic carbocycles. The maximum atomic E-state index is 12.2. The zero-order valence-corrected chi connectivity index (χ0v) is 15.3. The van der Waals surface area contributed by atoms with E-state index in [4.69, 9.17) is 4.74 Å². The summed E-state index contributed by atoms with van der Waals surface area (Å²) in [6.45, 7) is 2.04. The maximum absolute atomic E-state index is 12.2. The van der Waals surface area contributed by atoms with Crippen LogP contribution in [0.15, 0.2) is 41.5 Å². The highest BCUT2D eigenvalue weighted by atomic mass is 16.6. The third kappa shape index (κ3) is 4.20. The molecule has 0 saturated carbocycles. The Bertz CT molecular complexity index is 905. The molecule has 0 spiro atoms. The fraction of sp³-hybridized carbons (Fsp3) is 0.263. The molecule has 2 aromatic rings. The smallest absolute Gasteiger partial charge is 0.274 e. The van der Waals surface area contributed by atoms with E-state index in [1.165, 1.54) is 20.0 Å². The Kier molecular flexibility index (Phi) is 5.73. The van der Waals surface area contributed by atoms with Gasteiger partial charge in [0.15, 0.2) is 11.5 Å². The first-order valence-electron chi connectivity index (χ1n) is 8.73. The first-order chi connectivity index (χ1) is 13.5. The van der Waals surface area contributed by atoms with E-state index in [1.54, 1.807) is 12.1 Å². The summed E-state index contributed by atoms with van der Waals surface area (Å²) in [5.74, 6) is -0.790. The number of non-ortho nitro benzene ring substituents is 1. The zero-order valence-electron chi connectivity index (χ0n) is 15.3. The van der Waals surface area contributed by atoms with E-state index in [9.17, 15) is 20.0 Å². The third-order valence-electron chi connectivity index (χ3n) is 4.49. The number of ether oxygens (including phenoxy) is 1. The summed E-state index contributed by atoms with van der Waals surface area (Å²) in [4.78, 5) is 24.8. The van der Waals surface area contributed by atoms with E-state index in [1.807, 2.05) is 12.1 Å². The maximum Gasteiger partial charge on any atom is 0.274 e. The van der Waals surface area contributed by atoms with Gasteiger partial charge in [-0.3, -0.25) is 14.9 Å². The van der Waals surface area contributed by atoms with Gasteiger partial charge in [-0.25, -0.2) is 5.43 Å². The van der Waals surface area contributed by atoms with Crippen LogP contribution in [0.3, 0.4) is 0 Å². The molecule has 1 aliphatic rings. The number of hydrazone groups is 1. The molecular weight excluding hydrogens is 364 g/mol. The van der Waals surface area contributed by atoms with Gasteiger partial charge in [-0.2, -0.15) is 5.10 Å². The van der Waals surface area contributed by atoms with Crippen molar-refractivity contribution in [3.8, 4) is 11.5 Å². The van der Waals surface area contributed by atoms with Gasteiger partial charge in [0, 0.05) is 36.0 Å². The van der Waals surface area contributed by atoms with Crippen molar-refractivity contribution in [2.45, 2.75) is 12.8 Å². The number of amides is 1. The summed E-state index contributed by atoms with van der Waals surface area (Å²) in [5, 5.41) is 24.8. The fourth-order valence-electron chi connectivity index (χ4n) is 3.00. The molecule has 0 unspecified atom stereocenters. The number of nitrogens with one attached hydrogen (secondary N) is 1. The summed E-state index contributed by atoms with van der Waals surface area (Å²) >= 11 is 0. The van der Waals surface area contributed by atoms with Crippen molar-refractivity contribution >= 4 is 23.5 Å². The number of phenolic OH excluding ortho intramolecular Hbond substituents is 1. The first kappa shape index (κ1) is 19.2.